The van der Waals surface area contributed by atoms with Crippen molar-refractivity contribution in [2.45, 2.75) is 38.8 Å². The third kappa shape index (κ3) is 24.4. The molecule has 1 atom stereocenters. The molecule has 0 spiro atoms. The number of alkyl carbamates (subject to hydrolysis) is 1. The summed E-state index contributed by atoms with van der Waals surface area (Å²) < 4.78 is 26.2. The van der Waals surface area contributed by atoms with Gasteiger partial charge in [-0.15, -0.1) is 18.8 Å². The Balaban J connectivity index is -0.00000420. The van der Waals surface area contributed by atoms with Crippen LogP contribution in [0.15, 0.2) is 0 Å². The summed E-state index contributed by atoms with van der Waals surface area (Å²) in [6, 6.07) is -0.870. The van der Waals surface area contributed by atoms with Crippen LogP contribution < -0.4 is 79.5 Å². The number of hydrogen-bond acceptors (Lipinski definition) is 7. The van der Waals surface area contributed by atoms with Crippen molar-refractivity contribution < 1.29 is 102 Å². The first-order valence-electron chi connectivity index (χ1n) is 9.75. The predicted molar refractivity (Wildman–Crippen MR) is 118 cm³/mol. The number of terminal acetylenes is 2. The number of nitrogens with one attached hydrogen (secondary N) is 2. The Bertz CT molecular complexity index is 568. The van der Waals surface area contributed by atoms with Crippen molar-refractivity contribution >= 4 is 12.0 Å². The van der Waals surface area contributed by atoms with Gasteiger partial charge in [0.1, 0.15) is 18.2 Å². The molecular weight excluding hydrogens is 537 g/mol. The summed E-state index contributed by atoms with van der Waals surface area (Å²) in [6.45, 7) is 8.65. The summed E-state index contributed by atoms with van der Waals surface area (Å²) in [5, 5.41) is 5.13. The molecule has 2 N–H and O–H groups in total. The molecule has 32 heavy (non-hydrogen) atoms. The van der Waals surface area contributed by atoms with Gasteiger partial charge in [-0.1, -0.05) is 5.92 Å². The summed E-state index contributed by atoms with van der Waals surface area (Å²) in [5.41, 5.74) is -0.667. The number of hydrogen-bond donors (Lipinski definition) is 2. The van der Waals surface area contributed by atoms with Gasteiger partial charge in [-0.2, -0.15) is 0 Å². The van der Waals surface area contributed by atoms with Gasteiger partial charge < -0.3 is 41.7 Å². The molecule has 0 aliphatic heterocycles. The van der Waals surface area contributed by atoms with Crippen molar-refractivity contribution in [3.63, 3.8) is 0 Å². The van der Waals surface area contributed by atoms with Crippen LogP contribution >= 0.6 is 0 Å². The van der Waals surface area contributed by atoms with E-state index in [1.807, 2.05) is 0 Å². The second-order valence-electron chi connectivity index (χ2n) is 6.99. The first-order chi connectivity index (χ1) is 14.3. The molecule has 10 heteroatoms. The van der Waals surface area contributed by atoms with E-state index in [1.165, 1.54) is 0 Å². The minimum atomic E-state index is -0.870. The average molecular weight is 574 g/mol. The number of amides is 2. The van der Waals surface area contributed by atoms with Crippen LogP contribution in [0, 0.1) is 32.1 Å². The molecule has 9 nitrogen and oxygen atoms in total. The van der Waals surface area contributed by atoms with Gasteiger partial charge in [-0.25, -0.2) is 4.79 Å². The minimum Gasteiger partial charge on any atom is -0.444 e. The molecule has 0 aromatic heterocycles. The first kappa shape index (κ1) is 36.3. The van der Waals surface area contributed by atoms with Gasteiger partial charge in [0.2, 0.25) is 5.91 Å². The quantitative estimate of drug-likeness (QED) is 0.127. The molecule has 0 heterocycles. The smallest absolute Gasteiger partial charge is 0.444 e. The molecule has 0 fully saturated rings. The maximum absolute atomic E-state index is 12.2. The molecule has 0 saturated carbocycles. The Morgan fingerprint density at radius 3 is 1.84 bits per heavy atom. The fourth-order valence-electron chi connectivity index (χ4n) is 1.94. The Labute approximate surface area is 252 Å². The molecule has 1 unspecified atom stereocenters. The molecule has 0 saturated heterocycles. The first-order valence-corrected chi connectivity index (χ1v) is 9.75. The zero-order valence-electron chi connectivity index (χ0n) is 20.2. The zero-order chi connectivity index (χ0) is 22.7. The molecular formula is C22H37CsN2O7. The number of carbonyl (C=O) groups is 2. The van der Waals surface area contributed by atoms with E-state index >= 15 is 0 Å². The van der Waals surface area contributed by atoms with E-state index in [-0.39, 0.29) is 95.9 Å². The SMILES string of the molecule is C#CCOCCOCCOCCOCCNC(=O)C(CC#C)NC(=O)OC(C)(C)C.[CH3-].[Cs+]. The number of rotatable bonds is 16. The van der Waals surface area contributed by atoms with Gasteiger partial charge in [0.25, 0.3) is 0 Å². The molecule has 0 aliphatic rings. The van der Waals surface area contributed by atoms with Crippen LogP contribution in [-0.4, -0.2) is 83.0 Å². The Morgan fingerprint density at radius 1 is 0.875 bits per heavy atom. The van der Waals surface area contributed by atoms with Crippen molar-refractivity contribution in [3.8, 4) is 24.7 Å². The van der Waals surface area contributed by atoms with Crippen LogP contribution in [0.25, 0.3) is 0 Å². The largest absolute Gasteiger partial charge is 1.00 e. The Hall–Kier alpha value is -0.248. The summed E-state index contributed by atoms with van der Waals surface area (Å²) in [4.78, 5) is 24.0. The minimum absolute atomic E-state index is 0. The predicted octanol–water partition coefficient (Wildman–Crippen LogP) is -1.83. The van der Waals surface area contributed by atoms with Crippen molar-refractivity contribution in [3.05, 3.63) is 7.43 Å². The standard InChI is InChI=1S/C21H34N2O7.CH3.Cs/c1-6-8-18(23-20(25)30-21(3,4)5)19(24)22-9-11-27-13-15-29-17-16-28-14-12-26-10-7-2;;/h1-2,18H,8-17H2,3-5H3,(H,22,24)(H,23,25);1H3;/q;-1;+1. The van der Waals surface area contributed by atoms with Crippen LogP contribution in [0.5, 0.6) is 0 Å². The number of ether oxygens (including phenoxy) is 5. The molecule has 0 rings (SSSR count). The van der Waals surface area contributed by atoms with Crippen molar-refractivity contribution in [1.82, 2.24) is 10.6 Å². The van der Waals surface area contributed by atoms with Crippen LogP contribution in [0.1, 0.15) is 27.2 Å². The zero-order valence-corrected chi connectivity index (χ0v) is 26.4. The van der Waals surface area contributed by atoms with Crippen molar-refractivity contribution in [1.29, 1.82) is 0 Å². The van der Waals surface area contributed by atoms with Gasteiger partial charge in [-0.3, -0.25) is 4.79 Å². The summed E-state index contributed by atoms with van der Waals surface area (Å²) in [6.07, 6.45) is 9.67. The molecule has 0 aromatic carbocycles. The second kappa shape index (κ2) is 23.9. The van der Waals surface area contributed by atoms with E-state index in [1.54, 1.807) is 20.8 Å². The summed E-state index contributed by atoms with van der Waals surface area (Å²) in [7, 11) is 0. The van der Waals surface area contributed by atoms with Crippen LogP contribution in [0.2, 0.25) is 0 Å². The van der Waals surface area contributed by atoms with Gasteiger partial charge in [0, 0.05) is 13.0 Å². The molecule has 0 aromatic rings. The third-order valence-electron chi connectivity index (χ3n) is 3.18. The molecule has 178 valence electrons. The van der Waals surface area contributed by atoms with Gasteiger partial charge in [0.05, 0.1) is 46.2 Å². The Morgan fingerprint density at radius 2 is 1.38 bits per heavy atom. The van der Waals surface area contributed by atoms with E-state index in [4.69, 9.17) is 36.5 Å². The topological polar surface area (TPSA) is 104 Å². The molecule has 0 aliphatic carbocycles. The molecule has 0 bridgehead atoms. The average Bonchev–Trinajstić information content (AvgIpc) is 2.66. The van der Waals surface area contributed by atoms with Crippen LogP contribution in [-0.2, 0) is 28.5 Å². The van der Waals surface area contributed by atoms with E-state index in [0.717, 1.165) is 0 Å². The summed E-state index contributed by atoms with van der Waals surface area (Å²) >= 11 is 0. The van der Waals surface area contributed by atoms with Gasteiger partial charge in [0.15, 0.2) is 0 Å². The maximum Gasteiger partial charge on any atom is 1.00 e. The normalized spacial score (nSPS) is 11.0. The Kier molecular flexibility index (Phi) is 27.1. The molecule has 0 radical (unpaired) electrons. The van der Waals surface area contributed by atoms with Gasteiger partial charge in [-0.05, 0) is 20.8 Å². The number of carbonyl (C=O) groups excluding carboxylic acids is 2. The van der Waals surface area contributed by atoms with E-state index in [9.17, 15) is 9.59 Å². The fraction of sp³-hybridized carbons (Fsp3) is 0.682. The monoisotopic (exact) mass is 574 g/mol. The maximum atomic E-state index is 12.2. The van der Waals surface area contributed by atoms with Crippen LogP contribution in [0.3, 0.4) is 0 Å². The molecule has 2 amide bonds. The van der Waals surface area contributed by atoms with E-state index in [2.05, 4.69) is 22.5 Å². The summed E-state index contributed by atoms with van der Waals surface area (Å²) in [5.74, 6) is 4.33. The van der Waals surface area contributed by atoms with Crippen molar-refractivity contribution in [2.75, 3.05) is 59.4 Å². The van der Waals surface area contributed by atoms with Crippen molar-refractivity contribution in [2.24, 2.45) is 0 Å². The second-order valence-corrected chi connectivity index (χ2v) is 6.99. The van der Waals surface area contributed by atoms with E-state index < -0.39 is 23.6 Å². The third-order valence-corrected chi connectivity index (χ3v) is 3.18. The van der Waals surface area contributed by atoms with E-state index in [0.29, 0.717) is 46.2 Å². The fourth-order valence-corrected chi connectivity index (χ4v) is 1.94. The van der Waals surface area contributed by atoms with Gasteiger partial charge >= 0.3 is 75.0 Å². The van der Waals surface area contributed by atoms with Crippen LogP contribution in [0.4, 0.5) is 4.79 Å².